The Bertz CT molecular complexity index is 1010. The highest BCUT2D eigenvalue weighted by Gasteiger charge is 2.16. The van der Waals surface area contributed by atoms with Crippen molar-refractivity contribution >= 4 is 0 Å². The lowest BCUT2D eigenvalue weighted by Crippen LogP contribution is -2.17. The summed E-state index contributed by atoms with van der Waals surface area (Å²) >= 11 is 0. The highest BCUT2D eigenvalue weighted by Crippen LogP contribution is 2.11. The van der Waals surface area contributed by atoms with Crippen LogP contribution in [0.4, 0.5) is 0 Å². The highest BCUT2D eigenvalue weighted by molar-refractivity contribution is 5.41. The Balaban J connectivity index is 1.67. The molecule has 0 spiro atoms. The van der Waals surface area contributed by atoms with Crippen LogP contribution in [0.3, 0.4) is 0 Å². The van der Waals surface area contributed by atoms with Gasteiger partial charge in [0.1, 0.15) is 5.69 Å². The third kappa shape index (κ3) is 2.58. The van der Waals surface area contributed by atoms with Crippen molar-refractivity contribution in [1.82, 2.24) is 34.7 Å². The van der Waals surface area contributed by atoms with E-state index in [4.69, 9.17) is 4.52 Å². The lowest BCUT2D eigenvalue weighted by Gasteiger charge is -2.01. The van der Waals surface area contributed by atoms with Gasteiger partial charge in [-0.3, -0.25) is 4.52 Å². The molecule has 0 atom stereocenters. The van der Waals surface area contributed by atoms with Gasteiger partial charge in [0.15, 0.2) is 5.82 Å². The molecule has 0 aliphatic rings. The van der Waals surface area contributed by atoms with Crippen molar-refractivity contribution in [1.29, 1.82) is 0 Å². The summed E-state index contributed by atoms with van der Waals surface area (Å²) in [4.78, 5) is 21.6. The van der Waals surface area contributed by atoms with E-state index in [0.717, 1.165) is 5.69 Å². The quantitative estimate of drug-likeness (QED) is 0.550. The molecule has 118 valence electrons. The molecule has 0 aliphatic carbocycles. The van der Waals surface area contributed by atoms with E-state index in [-0.39, 0.29) is 12.4 Å². The number of aromatic nitrogens is 7. The van der Waals surface area contributed by atoms with E-state index in [0.29, 0.717) is 11.5 Å². The van der Waals surface area contributed by atoms with Crippen molar-refractivity contribution in [3.05, 3.63) is 71.2 Å². The summed E-state index contributed by atoms with van der Waals surface area (Å²) in [6, 6.07) is 11.2. The van der Waals surface area contributed by atoms with Gasteiger partial charge < -0.3 is 0 Å². The lowest BCUT2D eigenvalue weighted by atomic mass is 10.3. The van der Waals surface area contributed by atoms with E-state index in [9.17, 15) is 4.79 Å². The zero-order chi connectivity index (χ0) is 16.4. The molecule has 1 aromatic carbocycles. The summed E-state index contributed by atoms with van der Waals surface area (Å²) < 4.78 is 6.05. The van der Waals surface area contributed by atoms with Gasteiger partial charge in [-0.25, -0.2) is 19.3 Å². The van der Waals surface area contributed by atoms with Gasteiger partial charge in [0.25, 0.3) is 0 Å². The molecule has 0 saturated heterocycles. The largest absolute Gasteiger partial charge is 0.442 e. The van der Waals surface area contributed by atoms with Crippen LogP contribution >= 0.6 is 0 Å². The maximum Gasteiger partial charge on any atom is 0.442 e. The number of nitrogens with zero attached hydrogens (tertiary/aromatic N) is 7. The Morgan fingerprint density at radius 2 is 1.83 bits per heavy atom. The van der Waals surface area contributed by atoms with Crippen LogP contribution in [0.2, 0.25) is 0 Å². The molecule has 9 heteroatoms. The topological polar surface area (TPSA) is 105 Å². The van der Waals surface area contributed by atoms with Crippen molar-refractivity contribution in [2.24, 2.45) is 0 Å². The molecule has 0 unspecified atom stereocenters. The minimum absolute atomic E-state index is 0.156. The maximum absolute atomic E-state index is 11.9. The summed E-state index contributed by atoms with van der Waals surface area (Å²) in [7, 11) is 0. The molecule has 0 bridgehead atoms. The molecule has 0 aliphatic heterocycles. The third-order valence-electron chi connectivity index (χ3n) is 3.30. The molecule has 0 amide bonds. The first-order chi connectivity index (χ1) is 11.8. The number of para-hydroxylation sites is 1. The Labute approximate surface area is 135 Å². The van der Waals surface area contributed by atoms with Crippen LogP contribution in [0.5, 0.6) is 0 Å². The van der Waals surface area contributed by atoms with E-state index >= 15 is 0 Å². The normalized spacial score (nSPS) is 10.8. The predicted octanol–water partition coefficient (Wildman–Crippen LogP) is 0.922. The second-order valence-corrected chi connectivity index (χ2v) is 4.89. The first-order valence-corrected chi connectivity index (χ1v) is 7.12. The molecule has 3 heterocycles. The Hall–Kier alpha value is -3.62. The molecule has 0 fully saturated rings. The van der Waals surface area contributed by atoms with E-state index < -0.39 is 5.76 Å². The number of hydrogen-bond donors (Lipinski definition) is 0. The summed E-state index contributed by atoms with van der Waals surface area (Å²) in [6.45, 7) is 0.156. The van der Waals surface area contributed by atoms with Crippen LogP contribution in [0.1, 0.15) is 5.69 Å². The molecule has 9 nitrogen and oxygen atoms in total. The molecule has 4 aromatic rings. The fraction of sp³-hybridized carbons (Fsp3) is 0.0667. The van der Waals surface area contributed by atoms with Crippen molar-refractivity contribution in [3.8, 4) is 17.3 Å². The van der Waals surface area contributed by atoms with E-state index in [1.807, 2.05) is 30.3 Å². The Kier molecular flexibility index (Phi) is 3.43. The molecular weight excluding hydrogens is 310 g/mol. The SMILES string of the molecule is O=c1onc(-c2ncccn2)n1Cc1cnn(-c2ccccc2)n1. The fourth-order valence-electron chi connectivity index (χ4n) is 2.20. The monoisotopic (exact) mass is 321 g/mol. The average molecular weight is 321 g/mol. The predicted molar refractivity (Wildman–Crippen MR) is 82.3 cm³/mol. The van der Waals surface area contributed by atoms with E-state index in [1.54, 1.807) is 24.7 Å². The molecule has 4 rings (SSSR count). The summed E-state index contributed by atoms with van der Waals surface area (Å²) in [5.41, 5.74) is 1.41. The van der Waals surface area contributed by atoms with Gasteiger partial charge in [0.2, 0.25) is 5.82 Å². The van der Waals surface area contributed by atoms with Crippen LogP contribution in [0.15, 0.2) is 64.3 Å². The molecule has 0 saturated carbocycles. The van der Waals surface area contributed by atoms with E-state index in [2.05, 4.69) is 25.3 Å². The minimum Gasteiger partial charge on any atom is -0.295 e. The number of rotatable bonds is 4. The summed E-state index contributed by atoms with van der Waals surface area (Å²) in [5.74, 6) is -0.0552. The van der Waals surface area contributed by atoms with Crippen LogP contribution in [-0.4, -0.2) is 34.7 Å². The first kappa shape index (κ1) is 14.0. The van der Waals surface area contributed by atoms with Gasteiger partial charge in [-0.05, 0) is 18.2 Å². The highest BCUT2D eigenvalue weighted by atomic mass is 16.5. The minimum atomic E-state index is -0.605. The van der Waals surface area contributed by atoms with Crippen LogP contribution < -0.4 is 5.76 Å². The second kappa shape index (κ2) is 5.88. The lowest BCUT2D eigenvalue weighted by molar-refractivity contribution is 0.377. The summed E-state index contributed by atoms with van der Waals surface area (Å²) in [5, 5.41) is 12.3. The van der Waals surface area contributed by atoms with Crippen molar-refractivity contribution < 1.29 is 4.52 Å². The van der Waals surface area contributed by atoms with Gasteiger partial charge in [-0.2, -0.15) is 15.0 Å². The van der Waals surface area contributed by atoms with E-state index in [1.165, 1.54) is 9.36 Å². The Morgan fingerprint density at radius 1 is 1.04 bits per heavy atom. The molecule has 0 radical (unpaired) electrons. The average Bonchev–Trinajstić information content (AvgIpc) is 3.25. The fourth-order valence-corrected chi connectivity index (χ4v) is 2.20. The van der Waals surface area contributed by atoms with Gasteiger partial charge in [-0.1, -0.05) is 23.4 Å². The number of hydrogen-bond acceptors (Lipinski definition) is 7. The maximum atomic E-state index is 11.9. The molecule has 3 aromatic heterocycles. The van der Waals surface area contributed by atoms with Gasteiger partial charge in [0.05, 0.1) is 18.4 Å². The zero-order valence-electron chi connectivity index (χ0n) is 12.4. The van der Waals surface area contributed by atoms with Crippen LogP contribution in [0, 0.1) is 0 Å². The Morgan fingerprint density at radius 3 is 2.62 bits per heavy atom. The van der Waals surface area contributed by atoms with Gasteiger partial charge in [0, 0.05) is 12.4 Å². The standard InChI is InChI=1S/C15H11N7O2/c23-15-21(14(20-24-15)13-16-7-4-8-17-13)10-11-9-18-22(19-11)12-5-2-1-3-6-12/h1-9H,10H2. The zero-order valence-corrected chi connectivity index (χ0v) is 12.4. The summed E-state index contributed by atoms with van der Waals surface area (Å²) in [6.07, 6.45) is 4.72. The molecular formula is C15H11N7O2. The van der Waals surface area contributed by atoms with Gasteiger partial charge >= 0.3 is 5.76 Å². The molecule has 24 heavy (non-hydrogen) atoms. The smallest absolute Gasteiger partial charge is 0.295 e. The van der Waals surface area contributed by atoms with Gasteiger partial charge in [-0.15, -0.1) is 0 Å². The second-order valence-electron chi connectivity index (χ2n) is 4.89. The number of benzene rings is 1. The third-order valence-corrected chi connectivity index (χ3v) is 3.30. The van der Waals surface area contributed by atoms with Crippen molar-refractivity contribution in [2.75, 3.05) is 0 Å². The first-order valence-electron chi connectivity index (χ1n) is 7.12. The van der Waals surface area contributed by atoms with Crippen LogP contribution in [-0.2, 0) is 6.54 Å². The van der Waals surface area contributed by atoms with Crippen molar-refractivity contribution in [2.45, 2.75) is 6.54 Å². The van der Waals surface area contributed by atoms with Crippen molar-refractivity contribution in [3.63, 3.8) is 0 Å². The molecule has 0 N–H and O–H groups in total. The van der Waals surface area contributed by atoms with Crippen LogP contribution in [0.25, 0.3) is 17.3 Å².